The minimum Gasteiger partial charge on any atom is -0.515 e. The minimum absolute atomic E-state index is 0.0601. The lowest BCUT2D eigenvalue weighted by molar-refractivity contribution is -0.112. The summed E-state index contributed by atoms with van der Waals surface area (Å²) in [4.78, 5) is 13.9. The molecule has 0 spiro atoms. The van der Waals surface area contributed by atoms with E-state index < -0.39 is 0 Å². The third kappa shape index (κ3) is 2.65. The van der Waals surface area contributed by atoms with Crippen molar-refractivity contribution in [2.45, 2.75) is 52.6 Å². The Kier molecular flexibility index (Phi) is 4.16. The zero-order valence-electron chi connectivity index (χ0n) is 10.5. The number of rotatable bonds is 3. The molecule has 0 bridgehead atoms. The van der Waals surface area contributed by atoms with Crippen LogP contribution in [0.3, 0.4) is 0 Å². The van der Waals surface area contributed by atoms with Crippen molar-refractivity contribution in [1.29, 1.82) is 0 Å². The minimum atomic E-state index is -0.0601. The van der Waals surface area contributed by atoms with Gasteiger partial charge in [-0.2, -0.15) is 0 Å². The first-order valence-electron chi connectivity index (χ1n) is 5.83. The third-order valence-corrected chi connectivity index (χ3v) is 2.86. The second kappa shape index (κ2) is 5.19. The Morgan fingerprint density at radius 2 is 1.81 bits per heavy atom. The Balaban J connectivity index is 2.93. The largest absolute Gasteiger partial charge is 0.515 e. The van der Waals surface area contributed by atoms with Crippen LogP contribution in [0.5, 0.6) is 0 Å². The van der Waals surface area contributed by atoms with E-state index in [1.807, 2.05) is 0 Å². The van der Waals surface area contributed by atoms with Crippen LogP contribution in [-0.2, 0) is 4.79 Å². The van der Waals surface area contributed by atoms with Gasteiger partial charge in [0.25, 0.3) is 0 Å². The van der Waals surface area contributed by atoms with Crippen LogP contribution < -0.4 is 0 Å². The Hall–Kier alpha value is -1.25. The fraction of sp³-hybridized carbons (Fsp3) is 0.615. The van der Waals surface area contributed by atoms with Crippen LogP contribution in [0.2, 0.25) is 0 Å². The summed E-state index contributed by atoms with van der Waals surface area (Å²) in [7, 11) is 0. The molecule has 0 amide bonds. The van der Waals surface area contributed by atoms with Crippen LogP contribution in [0.1, 0.15) is 40.5 Å². The van der Waals surface area contributed by atoms with E-state index in [1.165, 1.54) is 0 Å². The van der Waals surface area contributed by atoms with Gasteiger partial charge in [0, 0.05) is 29.4 Å². The molecule has 0 aromatic rings. The van der Waals surface area contributed by atoms with E-state index in [0.29, 0.717) is 24.1 Å². The molecule has 0 aromatic carbocycles. The quantitative estimate of drug-likeness (QED) is 0.591. The second-order valence-electron chi connectivity index (χ2n) is 4.75. The number of hydrogen-bond donors (Lipinski definition) is 1. The maximum absolute atomic E-state index is 11.7. The summed E-state index contributed by atoms with van der Waals surface area (Å²) in [6.45, 7) is 8.51. The molecule has 1 N–H and O–H groups in total. The summed E-state index contributed by atoms with van der Waals surface area (Å²) in [6.07, 6.45) is 4.06. The van der Waals surface area contributed by atoms with E-state index in [9.17, 15) is 4.79 Å². The molecule has 0 unspecified atom stereocenters. The fourth-order valence-electron chi connectivity index (χ4n) is 2.29. The maximum atomic E-state index is 11.7. The number of nitrogens with zero attached hydrogens (tertiary/aromatic N) is 1. The van der Waals surface area contributed by atoms with Crippen LogP contribution in [0, 0.1) is 0 Å². The Labute approximate surface area is 97.4 Å². The Morgan fingerprint density at radius 3 is 2.19 bits per heavy atom. The summed E-state index contributed by atoms with van der Waals surface area (Å²) in [5, 5.41) is 8.88. The van der Waals surface area contributed by atoms with E-state index in [2.05, 4.69) is 32.6 Å². The molecule has 0 aliphatic heterocycles. The molecule has 0 atom stereocenters. The lowest BCUT2D eigenvalue weighted by Gasteiger charge is -2.36. The second-order valence-corrected chi connectivity index (χ2v) is 4.75. The highest BCUT2D eigenvalue weighted by atomic mass is 16.2. The first kappa shape index (κ1) is 12.8. The Bertz CT molecular complexity index is 319. The molecule has 1 aliphatic carbocycles. The SMILES string of the molecule is CC(C)N(C1=CC(=O)C(=CO)CC1)C(C)C. The van der Waals surface area contributed by atoms with Crippen molar-refractivity contribution in [1.82, 2.24) is 4.90 Å². The molecule has 1 rings (SSSR count). The van der Waals surface area contributed by atoms with Crippen molar-refractivity contribution in [3.05, 3.63) is 23.6 Å². The highest BCUT2D eigenvalue weighted by Crippen LogP contribution is 2.25. The smallest absolute Gasteiger partial charge is 0.186 e. The molecule has 0 saturated heterocycles. The van der Waals surface area contributed by atoms with Crippen molar-refractivity contribution < 1.29 is 9.90 Å². The predicted molar refractivity (Wildman–Crippen MR) is 65.1 cm³/mol. The van der Waals surface area contributed by atoms with Gasteiger partial charge in [-0.1, -0.05) is 0 Å². The lowest BCUT2D eigenvalue weighted by Crippen LogP contribution is -2.37. The average molecular weight is 223 g/mol. The van der Waals surface area contributed by atoms with Gasteiger partial charge in [0.2, 0.25) is 0 Å². The monoisotopic (exact) mass is 223 g/mol. The molecule has 0 saturated carbocycles. The first-order chi connectivity index (χ1) is 7.47. The fourth-order valence-corrected chi connectivity index (χ4v) is 2.29. The average Bonchev–Trinajstić information content (AvgIpc) is 2.16. The zero-order chi connectivity index (χ0) is 12.3. The molecule has 0 fully saturated rings. The zero-order valence-corrected chi connectivity index (χ0v) is 10.5. The number of carbonyl (C=O) groups excluding carboxylic acids is 1. The van der Waals surface area contributed by atoms with Crippen LogP contribution in [0.4, 0.5) is 0 Å². The van der Waals surface area contributed by atoms with Crippen LogP contribution in [0.25, 0.3) is 0 Å². The molecular formula is C13H21NO2. The van der Waals surface area contributed by atoms with Crippen molar-refractivity contribution in [3.8, 4) is 0 Å². The summed E-state index contributed by atoms with van der Waals surface area (Å²) in [5.74, 6) is -0.0601. The van der Waals surface area contributed by atoms with Gasteiger partial charge in [-0.25, -0.2) is 0 Å². The first-order valence-corrected chi connectivity index (χ1v) is 5.83. The van der Waals surface area contributed by atoms with Crippen LogP contribution >= 0.6 is 0 Å². The molecule has 3 nitrogen and oxygen atoms in total. The summed E-state index contributed by atoms with van der Waals surface area (Å²) in [5.41, 5.74) is 1.59. The van der Waals surface area contributed by atoms with Crippen LogP contribution in [-0.4, -0.2) is 27.9 Å². The number of hydrogen-bond acceptors (Lipinski definition) is 3. The highest BCUT2D eigenvalue weighted by Gasteiger charge is 2.22. The van der Waals surface area contributed by atoms with E-state index in [0.717, 1.165) is 18.4 Å². The third-order valence-electron chi connectivity index (χ3n) is 2.86. The molecule has 90 valence electrons. The molecule has 0 radical (unpaired) electrons. The van der Waals surface area contributed by atoms with Gasteiger partial charge in [0.05, 0.1) is 6.26 Å². The van der Waals surface area contributed by atoms with E-state index in [1.54, 1.807) is 6.08 Å². The van der Waals surface area contributed by atoms with Crippen molar-refractivity contribution in [2.75, 3.05) is 0 Å². The molecule has 16 heavy (non-hydrogen) atoms. The predicted octanol–water partition coefficient (Wildman–Crippen LogP) is 2.79. The lowest BCUT2D eigenvalue weighted by atomic mass is 9.96. The van der Waals surface area contributed by atoms with Gasteiger partial charge in [0.15, 0.2) is 5.78 Å². The summed E-state index contributed by atoms with van der Waals surface area (Å²) in [6, 6.07) is 0.775. The topological polar surface area (TPSA) is 40.5 Å². The van der Waals surface area contributed by atoms with Gasteiger partial charge >= 0.3 is 0 Å². The van der Waals surface area contributed by atoms with Gasteiger partial charge < -0.3 is 10.0 Å². The molecule has 3 heteroatoms. The van der Waals surface area contributed by atoms with Crippen molar-refractivity contribution in [2.24, 2.45) is 0 Å². The summed E-state index contributed by atoms with van der Waals surface area (Å²) >= 11 is 0. The highest BCUT2D eigenvalue weighted by molar-refractivity contribution is 6.05. The standard InChI is InChI=1S/C13H21NO2/c1-9(2)14(10(3)4)12-6-5-11(8-15)13(16)7-12/h7-10,15H,5-6H2,1-4H3. The van der Waals surface area contributed by atoms with E-state index in [-0.39, 0.29) is 5.78 Å². The Morgan fingerprint density at radius 1 is 1.25 bits per heavy atom. The number of allylic oxidation sites excluding steroid dienone is 3. The molecule has 0 heterocycles. The number of aliphatic hydroxyl groups excluding tert-OH is 1. The number of ketones is 1. The van der Waals surface area contributed by atoms with E-state index in [4.69, 9.17) is 5.11 Å². The maximum Gasteiger partial charge on any atom is 0.186 e. The van der Waals surface area contributed by atoms with E-state index >= 15 is 0 Å². The van der Waals surface area contributed by atoms with Crippen molar-refractivity contribution >= 4 is 5.78 Å². The van der Waals surface area contributed by atoms with Gasteiger partial charge in [-0.05, 0) is 40.5 Å². The number of aliphatic hydroxyl groups is 1. The van der Waals surface area contributed by atoms with Crippen LogP contribution in [0.15, 0.2) is 23.6 Å². The molecule has 1 aliphatic rings. The van der Waals surface area contributed by atoms with Crippen molar-refractivity contribution in [3.63, 3.8) is 0 Å². The van der Waals surface area contributed by atoms with Gasteiger partial charge in [-0.15, -0.1) is 0 Å². The molecule has 0 aromatic heterocycles. The van der Waals surface area contributed by atoms with Gasteiger partial charge in [0.1, 0.15) is 0 Å². The number of carbonyl (C=O) groups is 1. The summed E-state index contributed by atoms with van der Waals surface area (Å²) < 4.78 is 0. The van der Waals surface area contributed by atoms with Gasteiger partial charge in [-0.3, -0.25) is 4.79 Å². The normalized spacial score (nSPS) is 19.5. The molecular weight excluding hydrogens is 202 g/mol.